The molecule has 0 spiro atoms. The molecular formula is C19H22N2O6. The summed E-state index contributed by atoms with van der Waals surface area (Å²) in [5.74, 6) is -0.566. The van der Waals surface area contributed by atoms with Gasteiger partial charge in [0.2, 0.25) is 23.5 Å². The number of carbonyl (C=O) groups is 3. The van der Waals surface area contributed by atoms with Crippen LogP contribution in [0.15, 0.2) is 24.3 Å². The SMILES string of the molecule is COc1cc(NC(=O)CN2C(=O)[C@@H]3CC=CC[C@H]3C2=O)cc(OC)c1OC. The van der Waals surface area contributed by atoms with Gasteiger partial charge in [0, 0.05) is 17.8 Å². The van der Waals surface area contributed by atoms with E-state index in [4.69, 9.17) is 14.2 Å². The van der Waals surface area contributed by atoms with E-state index in [0.717, 1.165) is 4.90 Å². The minimum Gasteiger partial charge on any atom is -0.493 e. The van der Waals surface area contributed by atoms with Gasteiger partial charge >= 0.3 is 0 Å². The molecule has 3 amide bonds. The van der Waals surface area contributed by atoms with Crippen LogP contribution in [-0.4, -0.2) is 50.5 Å². The summed E-state index contributed by atoms with van der Waals surface area (Å²) in [5, 5.41) is 2.68. The monoisotopic (exact) mass is 374 g/mol. The Morgan fingerprint density at radius 1 is 1.00 bits per heavy atom. The first-order valence-corrected chi connectivity index (χ1v) is 8.60. The van der Waals surface area contributed by atoms with E-state index in [0.29, 0.717) is 35.8 Å². The minimum atomic E-state index is -0.474. The molecule has 8 heteroatoms. The summed E-state index contributed by atoms with van der Waals surface area (Å²) >= 11 is 0. The van der Waals surface area contributed by atoms with Crippen molar-refractivity contribution in [3.63, 3.8) is 0 Å². The highest BCUT2D eigenvalue weighted by atomic mass is 16.5. The van der Waals surface area contributed by atoms with Crippen molar-refractivity contribution in [2.24, 2.45) is 11.8 Å². The zero-order chi connectivity index (χ0) is 19.6. The van der Waals surface area contributed by atoms with Crippen LogP contribution in [0.3, 0.4) is 0 Å². The normalized spacial score (nSPS) is 21.1. The van der Waals surface area contributed by atoms with Gasteiger partial charge in [0.05, 0.1) is 33.2 Å². The molecule has 0 radical (unpaired) electrons. The van der Waals surface area contributed by atoms with Crippen molar-refractivity contribution in [1.82, 2.24) is 4.90 Å². The van der Waals surface area contributed by atoms with Crippen LogP contribution in [0, 0.1) is 11.8 Å². The minimum absolute atomic E-state index is 0.283. The molecule has 3 rings (SSSR count). The number of carbonyl (C=O) groups excluding carboxylic acids is 3. The number of allylic oxidation sites excluding steroid dienone is 2. The average molecular weight is 374 g/mol. The Hall–Kier alpha value is -3.03. The topological polar surface area (TPSA) is 94.2 Å². The molecule has 0 bridgehead atoms. The second-order valence-electron chi connectivity index (χ2n) is 6.38. The molecular weight excluding hydrogens is 352 g/mol. The van der Waals surface area contributed by atoms with Crippen LogP contribution in [0.5, 0.6) is 17.2 Å². The summed E-state index contributed by atoms with van der Waals surface area (Å²) < 4.78 is 15.7. The Kier molecular flexibility index (Phi) is 5.34. The van der Waals surface area contributed by atoms with E-state index in [-0.39, 0.29) is 30.2 Å². The summed E-state index contributed by atoms with van der Waals surface area (Å²) in [6.45, 7) is -0.318. The number of nitrogens with zero attached hydrogens (tertiary/aromatic N) is 1. The van der Waals surface area contributed by atoms with Crippen LogP contribution in [0.2, 0.25) is 0 Å². The van der Waals surface area contributed by atoms with Gasteiger partial charge in [-0.15, -0.1) is 0 Å². The number of methoxy groups -OCH3 is 3. The summed E-state index contributed by atoms with van der Waals surface area (Å²) in [4.78, 5) is 38.4. The van der Waals surface area contributed by atoms with E-state index in [1.807, 2.05) is 12.2 Å². The van der Waals surface area contributed by atoms with Crippen molar-refractivity contribution in [1.29, 1.82) is 0 Å². The zero-order valence-electron chi connectivity index (χ0n) is 15.5. The number of rotatable bonds is 6. The Morgan fingerprint density at radius 2 is 1.52 bits per heavy atom. The number of ether oxygens (including phenoxy) is 3. The van der Waals surface area contributed by atoms with E-state index in [2.05, 4.69) is 5.32 Å². The maximum absolute atomic E-state index is 12.5. The van der Waals surface area contributed by atoms with Gasteiger partial charge in [0.25, 0.3) is 0 Å². The average Bonchev–Trinajstić information content (AvgIpc) is 2.92. The highest BCUT2D eigenvalue weighted by Crippen LogP contribution is 2.40. The molecule has 0 saturated carbocycles. The highest BCUT2D eigenvalue weighted by molar-refractivity contribution is 6.08. The van der Waals surface area contributed by atoms with E-state index < -0.39 is 5.91 Å². The number of hydrogen-bond donors (Lipinski definition) is 1. The maximum Gasteiger partial charge on any atom is 0.244 e. The molecule has 27 heavy (non-hydrogen) atoms. The predicted octanol–water partition coefficient (Wildman–Crippen LogP) is 1.60. The number of likely N-dealkylation sites (tertiary alicyclic amines) is 1. The van der Waals surface area contributed by atoms with Crippen LogP contribution in [0.4, 0.5) is 5.69 Å². The molecule has 2 aliphatic rings. The smallest absolute Gasteiger partial charge is 0.244 e. The van der Waals surface area contributed by atoms with Gasteiger partial charge < -0.3 is 19.5 Å². The fraction of sp³-hybridized carbons (Fsp3) is 0.421. The van der Waals surface area contributed by atoms with Crippen molar-refractivity contribution in [3.05, 3.63) is 24.3 Å². The summed E-state index contributed by atoms with van der Waals surface area (Å²) in [6.07, 6.45) is 4.90. The quantitative estimate of drug-likeness (QED) is 0.600. The van der Waals surface area contributed by atoms with Gasteiger partial charge in [0.1, 0.15) is 6.54 Å². The largest absolute Gasteiger partial charge is 0.493 e. The van der Waals surface area contributed by atoms with Crippen molar-refractivity contribution in [2.45, 2.75) is 12.8 Å². The third-order valence-electron chi connectivity index (χ3n) is 4.85. The van der Waals surface area contributed by atoms with Gasteiger partial charge in [-0.1, -0.05) is 12.2 Å². The van der Waals surface area contributed by atoms with E-state index in [1.54, 1.807) is 12.1 Å². The molecule has 1 aromatic rings. The van der Waals surface area contributed by atoms with E-state index >= 15 is 0 Å². The predicted molar refractivity (Wildman–Crippen MR) is 96.8 cm³/mol. The highest BCUT2D eigenvalue weighted by Gasteiger charge is 2.47. The van der Waals surface area contributed by atoms with Crippen LogP contribution < -0.4 is 19.5 Å². The Balaban J connectivity index is 1.73. The molecule has 1 N–H and O–H groups in total. The first-order valence-electron chi connectivity index (χ1n) is 8.60. The molecule has 2 atom stereocenters. The van der Waals surface area contributed by atoms with Crippen molar-refractivity contribution >= 4 is 23.4 Å². The molecule has 1 aliphatic heterocycles. The lowest BCUT2D eigenvalue weighted by molar-refractivity contribution is -0.142. The van der Waals surface area contributed by atoms with Gasteiger partial charge in [-0.25, -0.2) is 0 Å². The number of anilines is 1. The molecule has 1 saturated heterocycles. The second kappa shape index (κ2) is 7.69. The summed E-state index contributed by atoms with van der Waals surface area (Å²) in [5.41, 5.74) is 0.410. The lowest BCUT2D eigenvalue weighted by atomic mass is 9.85. The summed E-state index contributed by atoms with van der Waals surface area (Å²) in [7, 11) is 4.43. The van der Waals surface area contributed by atoms with Crippen molar-refractivity contribution < 1.29 is 28.6 Å². The molecule has 0 unspecified atom stereocenters. The third kappa shape index (κ3) is 3.47. The molecule has 144 valence electrons. The van der Waals surface area contributed by atoms with Gasteiger partial charge in [-0.05, 0) is 12.8 Å². The Labute approximate surface area is 157 Å². The van der Waals surface area contributed by atoms with E-state index in [9.17, 15) is 14.4 Å². The Morgan fingerprint density at radius 3 is 1.96 bits per heavy atom. The number of amides is 3. The van der Waals surface area contributed by atoms with Crippen molar-refractivity contribution in [2.75, 3.05) is 33.2 Å². The lowest BCUT2D eigenvalue weighted by Crippen LogP contribution is -2.38. The van der Waals surface area contributed by atoms with Crippen LogP contribution in [0.25, 0.3) is 0 Å². The van der Waals surface area contributed by atoms with Crippen molar-refractivity contribution in [3.8, 4) is 17.2 Å². The van der Waals surface area contributed by atoms with Gasteiger partial charge in [-0.2, -0.15) is 0 Å². The number of fused-ring (bicyclic) bond motifs is 1. The van der Waals surface area contributed by atoms with Crippen LogP contribution in [-0.2, 0) is 14.4 Å². The van der Waals surface area contributed by atoms with Gasteiger partial charge in [-0.3, -0.25) is 19.3 Å². The van der Waals surface area contributed by atoms with E-state index in [1.165, 1.54) is 21.3 Å². The lowest BCUT2D eigenvalue weighted by Gasteiger charge is -2.17. The van der Waals surface area contributed by atoms with Crippen LogP contribution >= 0.6 is 0 Å². The van der Waals surface area contributed by atoms with Gasteiger partial charge in [0.15, 0.2) is 11.5 Å². The number of imide groups is 1. The zero-order valence-corrected chi connectivity index (χ0v) is 15.5. The molecule has 0 aromatic heterocycles. The second-order valence-corrected chi connectivity index (χ2v) is 6.38. The first kappa shape index (κ1) is 18.8. The van der Waals surface area contributed by atoms with Crippen LogP contribution in [0.1, 0.15) is 12.8 Å². The fourth-order valence-electron chi connectivity index (χ4n) is 3.52. The molecule has 1 aliphatic carbocycles. The standard InChI is InChI=1S/C19H22N2O6/c1-25-14-8-11(9-15(26-2)17(14)27-3)20-16(22)10-21-18(23)12-6-4-5-7-13(12)19(21)24/h4-5,8-9,12-13H,6-7,10H2,1-3H3,(H,20,22)/t12-,13-/m1/s1. The molecule has 1 aromatic carbocycles. The Bertz CT molecular complexity index is 752. The molecule has 8 nitrogen and oxygen atoms in total. The molecule has 1 fully saturated rings. The number of hydrogen-bond acceptors (Lipinski definition) is 6. The fourth-order valence-corrected chi connectivity index (χ4v) is 3.52. The molecule has 1 heterocycles. The maximum atomic E-state index is 12.5. The number of benzene rings is 1. The summed E-state index contributed by atoms with van der Waals surface area (Å²) in [6, 6.07) is 3.16. The number of nitrogens with one attached hydrogen (secondary N) is 1. The third-order valence-corrected chi connectivity index (χ3v) is 4.85. The first-order chi connectivity index (χ1) is 13.0.